The molecule has 0 saturated carbocycles. The normalized spacial score (nSPS) is 9.49. The van der Waals surface area contributed by atoms with Gasteiger partial charge in [-0.15, -0.1) is 0 Å². The van der Waals surface area contributed by atoms with E-state index in [0.29, 0.717) is 5.56 Å². The molecule has 0 N–H and O–H groups in total. The SMILES string of the molecule is Cc1cc(C)c(C)c(C)c1.Cc1cc(C)cc(C)c1.Cc1ccc(C)c(C)c1.Cc1ccc(C)cc1.Cc1cccc(C)c1.Cc1cccc(C)c1C.Cc1cccc(F)c1.Cc1ccccc1C.Cc1ccccc1F. The highest BCUT2D eigenvalue weighted by Crippen LogP contribution is 2.15. The van der Waals surface area contributed by atoms with Crippen molar-refractivity contribution in [2.24, 2.45) is 0 Å². The van der Waals surface area contributed by atoms with E-state index in [-0.39, 0.29) is 11.6 Å². The van der Waals surface area contributed by atoms with Crippen molar-refractivity contribution in [3.63, 3.8) is 0 Å². The van der Waals surface area contributed by atoms with Crippen LogP contribution in [0.25, 0.3) is 0 Å². The van der Waals surface area contributed by atoms with Crippen LogP contribution in [0.2, 0.25) is 0 Å². The van der Waals surface area contributed by atoms with E-state index in [1.54, 1.807) is 25.1 Å². The van der Waals surface area contributed by atoms with Gasteiger partial charge in [0, 0.05) is 0 Å². The van der Waals surface area contributed by atoms with Crippen LogP contribution in [0.3, 0.4) is 0 Å². The first-order valence-electron chi connectivity index (χ1n) is 26.9. The molecule has 0 fully saturated rings. The van der Waals surface area contributed by atoms with Crippen LogP contribution in [0.5, 0.6) is 0 Å². The highest BCUT2D eigenvalue weighted by molar-refractivity contribution is 5.36. The van der Waals surface area contributed by atoms with Crippen molar-refractivity contribution in [2.45, 2.75) is 145 Å². The molecule has 0 nitrogen and oxygen atoms in total. The number of hydrogen-bond acceptors (Lipinski definition) is 0. The van der Waals surface area contributed by atoms with Gasteiger partial charge in [0.15, 0.2) is 0 Å². The third-order valence-corrected chi connectivity index (χ3v) is 12.8. The Labute approximate surface area is 468 Å². The lowest BCUT2D eigenvalue weighted by atomic mass is 10.0. The Morgan fingerprint density at radius 2 is 0.468 bits per heavy atom. The third-order valence-electron chi connectivity index (χ3n) is 12.8. The molecule has 0 amide bonds. The maximum absolute atomic E-state index is 12.3. The molecule has 9 rings (SSSR count). The molecular formula is C75H94F2. The van der Waals surface area contributed by atoms with Crippen molar-refractivity contribution in [3.8, 4) is 0 Å². The van der Waals surface area contributed by atoms with Gasteiger partial charge in [-0.3, -0.25) is 0 Å². The second-order valence-electron chi connectivity index (χ2n) is 20.7. The third kappa shape index (κ3) is 30.9. The van der Waals surface area contributed by atoms with Gasteiger partial charge in [0.1, 0.15) is 11.6 Å². The van der Waals surface area contributed by atoms with Gasteiger partial charge in [-0.2, -0.15) is 0 Å². The summed E-state index contributed by atoms with van der Waals surface area (Å²) < 4.78 is 24.5. The van der Waals surface area contributed by atoms with E-state index in [9.17, 15) is 8.78 Å². The first kappa shape index (κ1) is 67.9. The molecule has 0 spiro atoms. The zero-order chi connectivity index (χ0) is 58.2. The second-order valence-corrected chi connectivity index (χ2v) is 20.7. The summed E-state index contributed by atoms with van der Waals surface area (Å²) >= 11 is 0. The zero-order valence-electron chi connectivity index (χ0n) is 51.2. The standard InChI is InChI=1S/C10H14.3C9H12.3C8H10.2C7H7F/c1-7-5-8(2)10(4)9(3)6-7;1-7-4-8(2)6-9(3)5-7;1-7-4-5-8(2)9(3)6-7;1-7-5-4-6-8(2)9(7)3;1-7-3-5-8(2)6-4-7;1-7-4-3-5-8(2)6-7;1-7-5-3-4-6-8(7)2;1-6-3-2-4-7(8)5-6;1-6-4-2-3-5-7(6)8/h5-6H,1-4H3;3*4-6H,1-3H3;3*3-6H,1-2H3;2*2-5H,1H3. The minimum atomic E-state index is -0.162. The van der Waals surface area contributed by atoms with Crippen molar-refractivity contribution >= 4 is 0 Å². The van der Waals surface area contributed by atoms with Crippen molar-refractivity contribution < 1.29 is 8.78 Å². The van der Waals surface area contributed by atoms with Crippen molar-refractivity contribution in [2.75, 3.05) is 0 Å². The first-order chi connectivity index (χ1) is 36.2. The lowest BCUT2D eigenvalue weighted by Crippen LogP contribution is -1.86. The summed E-state index contributed by atoms with van der Waals surface area (Å²) in [5.74, 6) is -0.294. The van der Waals surface area contributed by atoms with E-state index < -0.39 is 0 Å². The van der Waals surface area contributed by atoms with Crippen molar-refractivity contribution in [1.29, 1.82) is 0 Å². The zero-order valence-corrected chi connectivity index (χ0v) is 51.2. The second kappa shape index (κ2) is 36.8. The number of rotatable bonds is 0. The van der Waals surface area contributed by atoms with Gasteiger partial charge in [0.05, 0.1) is 0 Å². The Hall–Kier alpha value is -7.16. The van der Waals surface area contributed by atoms with Gasteiger partial charge >= 0.3 is 0 Å². The molecule has 0 aliphatic carbocycles. The molecule has 2 heteroatoms. The van der Waals surface area contributed by atoms with Crippen LogP contribution in [0, 0.1) is 157 Å². The molecule has 0 radical (unpaired) electrons. The van der Waals surface area contributed by atoms with E-state index in [1.165, 1.54) is 124 Å². The topological polar surface area (TPSA) is 0 Å². The lowest BCUT2D eigenvalue weighted by molar-refractivity contribution is 0.618. The monoisotopic (exact) mass is 1030 g/mol. The molecule has 9 aromatic carbocycles. The average molecular weight is 1030 g/mol. The molecule has 0 heterocycles. The fourth-order valence-electron chi connectivity index (χ4n) is 7.51. The summed E-state index contributed by atoms with van der Waals surface area (Å²) in [6, 6.07) is 62.4. The van der Waals surface area contributed by atoms with Crippen molar-refractivity contribution in [3.05, 3.63) is 317 Å². The van der Waals surface area contributed by atoms with E-state index in [1.807, 2.05) is 19.1 Å². The van der Waals surface area contributed by atoms with E-state index >= 15 is 0 Å². The van der Waals surface area contributed by atoms with Crippen LogP contribution in [-0.2, 0) is 0 Å². The maximum atomic E-state index is 12.3. The number of benzene rings is 9. The van der Waals surface area contributed by atoms with Gasteiger partial charge in [-0.1, -0.05) is 220 Å². The fourth-order valence-corrected chi connectivity index (χ4v) is 7.51. The number of aryl methyl sites for hydroxylation is 19. The Bertz CT molecular complexity index is 2820. The van der Waals surface area contributed by atoms with Crippen molar-refractivity contribution in [1.82, 2.24) is 0 Å². The van der Waals surface area contributed by atoms with Gasteiger partial charge < -0.3 is 0 Å². The summed E-state index contributed by atoms with van der Waals surface area (Å²) in [6.45, 7) is 44.1. The molecule has 0 aromatic heterocycles. The van der Waals surface area contributed by atoms with Crippen LogP contribution < -0.4 is 0 Å². The van der Waals surface area contributed by atoms with Crippen LogP contribution in [-0.4, -0.2) is 0 Å². The maximum Gasteiger partial charge on any atom is 0.126 e. The predicted molar refractivity (Wildman–Crippen MR) is 337 cm³/mol. The van der Waals surface area contributed by atoms with E-state index in [0.717, 1.165) is 5.56 Å². The summed E-state index contributed by atoms with van der Waals surface area (Å²) in [5.41, 5.74) is 27.7. The molecule has 0 atom stereocenters. The minimum Gasteiger partial charge on any atom is -0.207 e. The highest BCUT2D eigenvalue weighted by atomic mass is 19.1. The molecule has 0 bridgehead atoms. The van der Waals surface area contributed by atoms with E-state index in [2.05, 4.69) is 271 Å². The largest absolute Gasteiger partial charge is 0.207 e. The molecule has 0 saturated heterocycles. The van der Waals surface area contributed by atoms with Gasteiger partial charge in [-0.05, 0) is 230 Å². The van der Waals surface area contributed by atoms with Crippen LogP contribution in [0.15, 0.2) is 188 Å². The van der Waals surface area contributed by atoms with Gasteiger partial charge in [-0.25, -0.2) is 8.78 Å². The molecule has 77 heavy (non-hydrogen) atoms. The summed E-state index contributed by atoms with van der Waals surface area (Å²) in [4.78, 5) is 0. The van der Waals surface area contributed by atoms with Crippen LogP contribution in [0.4, 0.5) is 8.78 Å². The summed E-state index contributed by atoms with van der Waals surface area (Å²) in [5, 5.41) is 0. The average Bonchev–Trinajstić information content (AvgIpc) is 3.35. The quantitative estimate of drug-likeness (QED) is 0.142. The van der Waals surface area contributed by atoms with Gasteiger partial charge in [0.25, 0.3) is 0 Å². The molecule has 0 unspecified atom stereocenters. The Balaban J connectivity index is 0.000000434. The lowest BCUT2D eigenvalue weighted by Gasteiger charge is -2.04. The number of halogens is 2. The van der Waals surface area contributed by atoms with Crippen LogP contribution in [0.1, 0.15) is 117 Å². The summed E-state index contributed by atoms with van der Waals surface area (Å²) in [7, 11) is 0. The molecule has 408 valence electrons. The molecule has 9 aromatic rings. The highest BCUT2D eigenvalue weighted by Gasteiger charge is 1.97. The number of hydrogen-bond donors (Lipinski definition) is 0. The molecule has 0 aliphatic rings. The van der Waals surface area contributed by atoms with E-state index in [4.69, 9.17) is 0 Å². The first-order valence-corrected chi connectivity index (χ1v) is 26.9. The predicted octanol–water partition coefficient (Wildman–Crippen LogP) is 21.9. The molecule has 0 aliphatic heterocycles. The molecular weight excluding hydrogens is 939 g/mol. The Kier molecular flexibility index (Phi) is 32.4. The fraction of sp³-hybridized carbons (Fsp3) is 0.280. The minimum absolute atomic E-state index is 0.132. The Morgan fingerprint density at radius 3 is 0.766 bits per heavy atom. The van der Waals surface area contributed by atoms with Gasteiger partial charge in [0.2, 0.25) is 0 Å². The van der Waals surface area contributed by atoms with Crippen LogP contribution >= 0.6 is 0 Å². The summed E-state index contributed by atoms with van der Waals surface area (Å²) in [6.07, 6.45) is 0. The smallest absolute Gasteiger partial charge is 0.126 e. The Morgan fingerprint density at radius 1 is 0.182 bits per heavy atom.